The Kier molecular flexibility index (Phi) is 3.08. The van der Waals surface area contributed by atoms with Gasteiger partial charge in [-0.2, -0.15) is 0 Å². The summed E-state index contributed by atoms with van der Waals surface area (Å²) in [4.78, 5) is 11.9. The molecule has 0 spiro atoms. The molecule has 1 unspecified atom stereocenters. The van der Waals surface area contributed by atoms with E-state index in [1.54, 1.807) is 0 Å². The van der Waals surface area contributed by atoms with Gasteiger partial charge in [-0.15, -0.1) is 0 Å². The van der Waals surface area contributed by atoms with E-state index in [0.29, 0.717) is 6.04 Å². The Hall–Kier alpha value is -1.35. The van der Waals surface area contributed by atoms with Crippen molar-refractivity contribution in [2.45, 2.75) is 31.7 Å². The topological polar surface area (TPSA) is 41.1 Å². The monoisotopic (exact) mass is 244 g/mol. The fraction of sp³-hybridized carbons (Fsp3) is 0.533. The highest BCUT2D eigenvalue weighted by Gasteiger charge is 2.28. The molecule has 3 rings (SSSR count). The zero-order chi connectivity index (χ0) is 12.5. The van der Waals surface area contributed by atoms with Crippen LogP contribution in [0.4, 0.5) is 0 Å². The molecule has 1 aromatic rings. The first kappa shape index (κ1) is 11.7. The molecule has 1 aromatic carbocycles. The second-order valence-electron chi connectivity index (χ2n) is 5.38. The minimum atomic E-state index is 0.0848. The number of carbonyl (C=O) groups is 1. The molecule has 96 valence electrons. The molecule has 1 saturated carbocycles. The lowest BCUT2D eigenvalue weighted by Crippen LogP contribution is -2.33. The molecule has 3 nitrogen and oxygen atoms in total. The number of hydrogen-bond donors (Lipinski definition) is 2. The van der Waals surface area contributed by atoms with Crippen molar-refractivity contribution in [2.75, 3.05) is 13.6 Å². The van der Waals surface area contributed by atoms with E-state index in [-0.39, 0.29) is 5.91 Å². The lowest BCUT2D eigenvalue weighted by Gasteiger charge is -2.34. The highest BCUT2D eigenvalue weighted by Crippen LogP contribution is 2.38. The molecule has 1 heterocycles. The maximum atomic E-state index is 11.9. The van der Waals surface area contributed by atoms with E-state index in [4.69, 9.17) is 0 Å². The number of hydrogen-bond acceptors (Lipinski definition) is 2. The van der Waals surface area contributed by atoms with Gasteiger partial charge >= 0.3 is 0 Å². The summed E-state index contributed by atoms with van der Waals surface area (Å²) in [6.07, 6.45) is 4.90. The van der Waals surface area contributed by atoms with Gasteiger partial charge in [-0.3, -0.25) is 4.79 Å². The van der Waals surface area contributed by atoms with Gasteiger partial charge in [0.05, 0.1) is 0 Å². The first-order valence-electron chi connectivity index (χ1n) is 6.88. The third kappa shape index (κ3) is 1.93. The second kappa shape index (κ2) is 4.73. The fourth-order valence-corrected chi connectivity index (χ4v) is 3.07. The van der Waals surface area contributed by atoms with Crippen molar-refractivity contribution >= 4 is 5.91 Å². The van der Waals surface area contributed by atoms with Crippen LogP contribution in [0, 0.1) is 5.92 Å². The van der Waals surface area contributed by atoms with Crippen LogP contribution in [0.1, 0.15) is 46.8 Å². The number of rotatable bonds is 3. The van der Waals surface area contributed by atoms with Crippen molar-refractivity contribution < 1.29 is 4.79 Å². The number of nitrogens with one attached hydrogen (secondary N) is 2. The van der Waals surface area contributed by atoms with Gasteiger partial charge < -0.3 is 10.6 Å². The molecule has 0 radical (unpaired) electrons. The average molecular weight is 244 g/mol. The van der Waals surface area contributed by atoms with Gasteiger partial charge in [-0.25, -0.2) is 0 Å². The lowest BCUT2D eigenvalue weighted by molar-refractivity contribution is 0.0945. The zero-order valence-corrected chi connectivity index (χ0v) is 10.8. The molecule has 1 aliphatic carbocycles. The SMILES string of the molecule is CNC(c1ccc2c(c1)C(=O)NCC2)C1CCC1. The van der Waals surface area contributed by atoms with Crippen LogP contribution in [0.5, 0.6) is 0 Å². The van der Waals surface area contributed by atoms with Crippen LogP contribution < -0.4 is 10.6 Å². The molecule has 0 saturated heterocycles. The smallest absolute Gasteiger partial charge is 0.251 e. The largest absolute Gasteiger partial charge is 0.352 e. The van der Waals surface area contributed by atoms with E-state index < -0.39 is 0 Å². The average Bonchev–Trinajstić information content (AvgIpc) is 2.34. The van der Waals surface area contributed by atoms with Gasteiger partial charge in [0.2, 0.25) is 0 Å². The van der Waals surface area contributed by atoms with Crippen molar-refractivity contribution in [3.63, 3.8) is 0 Å². The predicted molar refractivity (Wildman–Crippen MR) is 71.6 cm³/mol. The van der Waals surface area contributed by atoms with Gasteiger partial charge in [-0.05, 0) is 49.4 Å². The van der Waals surface area contributed by atoms with Crippen molar-refractivity contribution in [3.05, 3.63) is 34.9 Å². The fourth-order valence-electron chi connectivity index (χ4n) is 3.07. The van der Waals surface area contributed by atoms with Crippen LogP contribution in [0.15, 0.2) is 18.2 Å². The van der Waals surface area contributed by atoms with Gasteiger partial charge in [0.1, 0.15) is 0 Å². The van der Waals surface area contributed by atoms with E-state index >= 15 is 0 Å². The summed E-state index contributed by atoms with van der Waals surface area (Å²) in [5.74, 6) is 0.821. The third-order valence-corrected chi connectivity index (χ3v) is 4.35. The molecule has 1 atom stereocenters. The second-order valence-corrected chi connectivity index (χ2v) is 5.38. The zero-order valence-electron chi connectivity index (χ0n) is 10.8. The molecule has 0 aromatic heterocycles. The van der Waals surface area contributed by atoms with Crippen LogP contribution in [0.2, 0.25) is 0 Å². The summed E-state index contributed by atoms with van der Waals surface area (Å²) in [5, 5.41) is 6.33. The third-order valence-electron chi connectivity index (χ3n) is 4.35. The van der Waals surface area contributed by atoms with Crippen molar-refractivity contribution in [1.29, 1.82) is 0 Å². The van der Waals surface area contributed by atoms with E-state index in [0.717, 1.165) is 24.4 Å². The Bertz CT molecular complexity index is 466. The number of fused-ring (bicyclic) bond motifs is 1. The quantitative estimate of drug-likeness (QED) is 0.854. The highest BCUT2D eigenvalue weighted by atomic mass is 16.1. The molecular weight excluding hydrogens is 224 g/mol. The first-order chi connectivity index (χ1) is 8.79. The summed E-state index contributed by atoms with van der Waals surface area (Å²) in [5.41, 5.74) is 3.32. The van der Waals surface area contributed by atoms with Crippen LogP contribution in [-0.2, 0) is 6.42 Å². The van der Waals surface area contributed by atoms with Crippen LogP contribution >= 0.6 is 0 Å². The minimum absolute atomic E-state index is 0.0848. The molecule has 0 bridgehead atoms. The Balaban J connectivity index is 1.92. The Labute approximate surface area is 108 Å². The van der Waals surface area contributed by atoms with Crippen molar-refractivity contribution in [1.82, 2.24) is 10.6 Å². The maximum absolute atomic E-state index is 11.9. The van der Waals surface area contributed by atoms with Crippen LogP contribution in [-0.4, -0.2) is 19.5 Å². The number of carbonyl (C=O) groups excluding carboxylic acids is 1. The Morgan fingerprint density at radius 1 is 1.39 bits per heavy atom. The molecule has 1 amide bonds. The number of benzene rings is 1. The van der Waals surface area contributed by atoms with E-state index in [1.807, 2.05) is 7.05 Å². The molecule has 2 N–H and O–H groups in total. The van der Waals surface area contributed by atoms with Gasteiger partial charge in [-0.1, -0.05) is 18.6 Å². The molecule has 2 aliphatic rings. The lowest BCUT2D eigenvalue weighted by atomic mass is 9.76. The Morgan fingerprint density at radius 3 is 2.89 bits per heavy atom. The van der Waals surface area contributed by atoms with Gasteiger partial charge in [0.25, 0.3) is 5.91 Å². The maximum Gasteiger partial charge on any atom is 0.251 e. The van der Waals surface area contributed by atoms with E-state index in [9.17, 15) is 4.79 Å². The molecular formula is C15H20N2O. The predicted octanol–water partition coefficient (Wildman–Crippen LogP) is 2.03. The molecule has 18 heavy (non-hydrogen) atoms. The Morgan fingerprint density at radius 2 is 2.22 bits per heavy atom. The van der Waals surface area contributed by atoms with Crippen molar-refractivity contribution in [2.24, 2.45) is 5.92 Å². The van der Waals surface area contributed by atoms with E-state index in [2.05, 4.69) is 28.8 Å². The summed E-state index contributed by atoms with van der Waals surface area (Å²) in [6.45, 7) is 0.767. The number of amides is 1. The normalized spacial score (nSPS) is 20.8. The van der Waals surface area contributed by atoms with Gasteiger partial charge in [0, 0.05) is 18.2 Å². The first-order valence-corrected chi connectivity index (χ1v) is 6.88. The van der Waals surface area contributed by atoms with Gasteiger partial charge in [0.15, 0.2) is 0 Å². The van der Waals surface area contributed by atoms with Crippen LogP contribution in [0.3, 0.4) is 0 Å². The minimum Gasteiger partial charge on any atom is -0.352 e. The molecule has 1 fully saturated rings. The molecule has 1 aliphatic heterocycles. The standard InChI is InChI=1S/C15H20N2O/c1-16-14(11-3-2-4-11)12-6-5-10-7-8-17-15(18)13(10)9-12/h5-6,9,11,14,16H,2-4,7-8H2,1H3,(H,17,18). The summed E-state index contributed by atoms with van der Waals surface area (Å²) >= 11 is 0. The summed E-state index contributed by atoms with van der Waals surface area (Å²) in [6, 6.07) is 6.81. The van der Waals surface area contributed by atoms with Crippen molar-refractivity contribution in [3.8, 4) is 0 Å². The van der Waals surface area contributed by atoms with Crippen LogP contribution in [0.25, 0.3) is 0 Å². The van der Waals surface area contributed by atoms with E-state index in [1.165, 1.54) is 30.4 Å². The highest BCUT2D eigenvalue weighted by molar-refractivity contribution is 5.96. The molecule has 3 heteroatoms. The summed E-state index contributed by atoms with van der Waals surface area (Å²) < 4.78 is 0. The summed E-state index contributed by atoms with van der Waals surface area (Å²) in [7, 11) is 2.02.